The van der Waals surface area contributed by atoms with E-state index in [1.165, 1.54) is 0 Å². The Morgan fingerprint density at radius 3 is 2.21 bits per heavy atom. The highest BCUT2D eigenvalue weighted by Gasteiger charge is 2.52. The molecule has 98 valence electrons. The minimum Gasteiger partial charge on any atom is -0.232 e. The fraction of sp³-hybridized carbons (Fsp3) is 0.600. The Hall–Kier alpha value is -0.450. The van der Waals surface area contributed by atoms with E-state index in [2.05, 4.69) is 77.3 Å². The maximum atomic E-state index is 4.71. The molecule has 0 amide bonds. The Morgan fingerprint density at radius 1 is 0.947 bits per heavy atom. The van der Waals surface area contributed by atoms with Gasteiger partial charge >= 0.3 is 0 Å². The van der Waals surface area contributed by atoms with Crippen molar-refractivity contribution in [2.75, 3.05) is 12.4 Å². The largest absolute Gasteiger partial charge is 0.232 e. The van der Waals surface area contributed by atoms with Crippen LogP contribution in [0.4, 0.5) is 0 Å². The van der Waals surface area contributed by atoms with Gasteiger partial charge in [-0.05, 0) is 48.9 Å². The van der Waals surface area contributed by atoms with Crippen LogP contribution in [0.25, 0.3) is 0 Å². The molecule has 0 aromatic carbocycles. The predicted octanol–water partition coefficient (Wildman–Crippen LogP) is 2.65. The van der Waals surface area contributed by atoms with Gasteiger partial charge in [-0.3, -0.25) is 0 Å². The molecule has 1 rings (SSSR count). The molecule has 0 saturated carbocycles. The van der Waals surface area contributed by atoms with Gasteiger partial charge in [0.25, 0.3) is 0 Å². The first kappa shape index (κ1) is 16.6. The fourth-order valence-electron chi connectivity index (χ4n) is 1.89. The lowest BCUT2D eigenvalue weighted by atomic mass is 10.1. The second kappa shape index (κ2) is 9.45. The molecule has 9 heteroatoms. The van der Waals surface area contributed by atoms with Gasteiger partial charge in [0.05, 0.1) is 44.0 Å². The van der Waals surface area contributed by atoms with E-state index in [1.807, 2.05) is 0 Å². The summed E-state index contributed by atoms with van der Waals surface area (Å²) in [6.45, 7) is 0.545. The van der Waals surface area contributed by atoms with E-state index in [4.69, 9.17) is 12.2 Å². The number of thiocarbonyl (C=S) groups is 4. The van der Waals surface area contributed by atoms with Gasteiger partial charge in [0.1, 0.15) is 0 Å². The summed E-state index contributed by atoms with van der Waals surface area (Å²) in [4.78, 5) is 16.4. The number of rotatable bonds is 6. The van der Waals surface area contributed by atoms with Crippen LogP contribution in [0.1, 0.15) is 6.42 Å². The maximum Gasteiger partial charge on any atom is 0.226 e. The number of hydrogen-bond acceptors (Lipinski definition) is 8. The summed E-state index contributed by atoms with van der Waals surface area (Å²) in [5.74, 6) is 0.698. The van der Waals surface area contributed by atoms with Gasteiger partial charge in [0.15, 0.2) is 0 Å². The van der Waals surface area contributed by atoms with Crippen LogP contribution in [0.15, 0.2) is 20.0 Å². The Morgan fingerprint density at radius 2 is 1.63 bits per heavy atom. The van der Waals surface area contributed by atoms with Gasteiger partial charge in [0.2, 0.25) is 16.6 Å². The number of hydrogen-bond donors (Lipinski definition) is 0. The molecule has 0 N–H and O–H groups in total. The molecule has 0 aromatic rings. The van der Waals surface area contributed by atoms with Crippen molar-refractivity contribution in [3.8, 4) is 0 Å². The molecule has 0 bridgehead atoms. The molecule has 1 saturated heterocycles. The summed E-state index contributed by atoms with van der Waals surface area (Å²) in [5, 5.41) is 9.58. The summed E-state index contributed by atoms with van der Waals surface area (Å²) in [6.07, 6.45) is 0.797. The van der Waals surface area contributed by atoms with Crippen molar-refractivity contribution in [2.24, 2.45) is 25.9 Å². The van der Waals surface area contributed by atoms with E-state index >= 15 is 0 Å². The Balaban J connectivity index is 3.02. The Bertz CT molecular complexity index is 510. The third kappa shape index (κ3) is 4.86. The summed E-state index contributed by atoms with van der Waals surface area (Å²) in [5.41, 5.74) is 0. The van der Waals surface area contributed by atoms with E-state index in [-0.39, 0.29) is 27.6 Å². The van der Waals surface area contributed by atoms with Crippen molar-refractivity contribution in [2.45, 2.75) is 17.2 Å². The average Bonchev–Trinajstić information content (AvgIpc) is 2.73. The lowest BCUT2D eigenvalue weighted by Gasteiger charge is -2.09. The van der Waals surface area contributed by atoms with Crippen LogP contribution in [-0.2, 0) is 10.9 Å². The molecule has 19 heavy (non-hydrogen) atoms. The molecule has 0 aromatic heterocycles. The molecule has 4 atom stereocenters. The quantitative estimate of drug-likeness (QED) is 0.422. The van der Waals surface area contributed by atoms with Gasteiger partial charge in [-0.2, -0.15) is 15.0 Å². The van der Waals surface area contributed by atoms with Gasteiger partial charge in [-0.25, -0.2) is 4.99 Å². The van der Waals surface area contributed by atoms with Crippen molar-refractivity contribution >= 4 is 80.4 Å². The highest BCUT2D eigenvalue weighted by molar-refractivity contribution is 7.98. The molecule has 1 aliphatic rings. The van der Waals surface area contributed by atoms with E-state index in [0.29, 0.717) is 12.4 Å². The summed E-state index contributed by atoms with van der Waals surface area (Å²) in [6, 6.07) is 0. The second-order valence-corrected chi connectivity index (χ2v) is 6.52. The molecule has 4 unspecified atom stereocenters. The molecule has 4 nitrogen and oxygen atoms in total. The standard InChI is InChI=1S/C10H9N4S5/c15-3-11-2-8-1-9(13-5-17)19(7-12-4-16)10(8)14-6-18/h8-10H,1-2,7H2/q+1. The van der Waals surface area contributed by atoms with E-state index in [9.17, 15) is 0 Å². The summed E-state index contributed by atoms with van der Waals surface area (Å²) >= 11 is 18.6. The zero-order chi connectivity index (χ0) is 14.1. The first-order chi connectivity index (χ1) is 9.28. The smallest absolute Gasteiger partial charge is 0.226 e. The van der Waals surface area contributed by atoms with Crippen LogP contribution in [-0.4, -0.2) is 43.8 Å². The van der Waals surface area contributed by atoms with E-state index in [0.717, 1.165) is 6.42 Å². The van der Waals surface area contributed by atoms with E-state index in [1.54, 1.807) is 0 Å². The third-order valence-electron chi connectivity index (χ3n) is 2.61. The second-order valence-electron chi connectivity index (χ2n) is 3.56. The number of aliphatic imine (C=N–C) groups is 4. The number of isothiocyanates is 4. The molecule has 0 aliphatic carbocycles. The molecule has 0 radical (unpaired) electrons. The van der Waals surface area contributed by atoms with Crippen molar-refractivity contribution in [1.29, 1.82) is 0 Å². The SMILES string of the molecule is S=C=NCC1CC(N=C=S)[S+](CN=C=S)C1N=C=S. The predicted molar refractivity (Wildman–Crippen MR) is 92.9 cm³/mol. The van der Waals surface area contributed by atoms with Gasteiger partial charge in [-0.1, -0.05) is 0 Å². The minimum atomic E-state index is -0.245. The molecule has 1 heterocycles. The monoisotopic (exact) mass is 345 g/mol. The first-order valence-corrected chi connectivity index (χ1v) is 8.33. The molecule has 1 aliphatic heterocycles. The van der Waals surface area contributed by atoms with Gasteiger partial charge in [0, 0.05) is 6.42 Å². The topological polar surface area (TPSA) is 49.4 Å². The molecular formula is C10H9N4S5+. The average molecular weight is 346 g/mol. The van der Waals surface area contributed by atoms with E-state index < -0.39 is 0 Å². The van der Waals surface area contributed by atoms with Crippen LogP contribution < -0.4 is 0 Å². The fourth-order valence-corrected chi connectivity index (χ4v) is 4.91. The normalized spacial score (nSPS) is 28.2. The number of nitrogens with zero attached hydrogens (tertiary/aromatic N) is 4. The summed E-state index contributed by atoms with van der Waals surface area (Å²) < 4.78 is 0. The molecule has 1 fully saturated rings. The zero-order valence-electron chi connectivity index (χ0n) is 9.68. The summed E-state index contributed by atoms with van der Waals surface area (Å²) in [7, 11) is -0.245. The lowest BCUT2D eigenvalue weighted by molar-refractivity contribution is 0.514. The third-order valence-corrected chi connectivity index (χ3v) is 5.62. The van der Waals surface area contributed by atoms with Gasteiger partial charge < -0.3 is 0 Å². The minimum absolute atomic E-state index is 0.0204. The lowest BCUT2D eigenvalue weighted by Crippen LogP contribution is -2.26. The maximum absolute atomic E-state index is 4.71. The highest BCUT2D eigenvalue weighted by atomic mass is 32.2. The Kier molecular flexibility index (Phi) is 8.26. The first-order valence-electron chi connectivity index (χ1n) is 5.18. The van der Waals surface area contributed by atoms with Crippen LogP contribution in [0.5, 0.6) is 0 Å². The van der Waals surface area contributed by atoms with Crippen LogP contribution >= 0.6 is 48.9 Å². The van der Waals surface area contributed by atoms with Crippen molar-refractivity contribution in [1.82, 2.24) is 0 Å². The van der Waals surface area contributed by atoms with Crippen LogP contribution in [0.3, 0.4) is 0 Å². The zero-order valence-corrected chi connectivity index (χ0v) is 13.8. The highest BCUT2D eigenvalue weighted by Crippen LogP contribution is 2.36. The van der Waals surface area contributed by atoms with Crippen LogP contribution in [0.2, 0.25) is 0 Å². The molecule has 0 spiro atoms. The van der Waals surface area contributed by atoms with Gasteiger partial charge in [-0.15, -0.1) is 0 Å². The Labute approximate surface area is 135 Å². The van der Waals surface area contributed by atoms with Crippen molar-refractivity contribution in [3.63, 3.8) is 0 Å². The molecular weight excluding hydrogens is 336 g/mol. The van der Waals surface area contributed by atoms with Crippen molar-refractivity contribution < 1.29 is 0 Å². The van der Waals surface area contributed by atoms with Crippen LogP contribution in [0, 0.1) is 5.92 Å². The van der Waals surface area contributed by atoms with Crippen molar-refractivity contribution in [3.05, 3.63) is 0 Å².